The van der Waals surface area contributed by atoms with Crippen LogP contribution in [-0.2, 0) is 4.79 Å². The van der Waals surface area contributed by atoms with Crippen LogP contribution in [0, 0.1) is 0 Å². The van der Waals surface area contributed by atoms with Gasteiger partial charge in [-0.15, -0.1) is 0 Å². The fourth-order valence-electron chi connectivity index (χ4n) is 2.08. The molecule has 0 bridgehead atoms. The highest BCUT2D eigenvalue weighted by atomic mass is 79.9. The van der Waals surface area contributed by atoms with Crippen LogP contribution in [0.4, 0.5) is 0 Å². The maximum Gasteiger partial charge on any atom is 0.278 e. The van der Waals surface area contributed by atoms with Crippen molar-refractivity contribution in [3.8, 4) is 11.6 Å². The van der Waals surface area contributed by atoms with Gasteiger partial charge in [0, 0.05) is 11.5 Å². The Balaban J connectivity index is 1.53. The van der Waals surface area contributed by atoms with Gasteiger partial charge in [0.15, 0.2) is 6.61 Å². The molecule has 0 spiro atoms. The molecule has 3 aromatic rings. The Morgan fingerprint density at radius 2 is 2.08 bits per heavy atom. The molecule has 0 atom stereocenters. The first-order valence-corrected chi connectivity index (χ1v) is 8.20. The van der Waals surface area contributed by atoms with Gasteiger partial charge in [-0.05, 0) is 51.8 Å². The summed E-state index contributed by atoms with van der Waals surface area (Å²) >= 11 is 3.21. The first kappa shape index (κ1) is 16.9. The summed E-state index contributed by atoms with van der Waals surface area (Å²) in [5.41, 5.74) is 3.90. The van der Waals surface area contributed by atoms with Crippen molar-refractivity contribution in [3.05, 3.63) is 64.6 Å². The molecule has 0 aliphatic heterocycles. The smallest absolute Gasteiger partial charge is 0.278 e. The van der Waals surface area contributed by atoms with Crippen molar-refractivity contribution in [3.63, 3.8) is 0 Å². The summed E-state index contributed by atoms with van der Waals surface area (Å²) in [6.45, 7) is -0.193. The summed E-state index contributed by atoms with van der Waals surface area (Å²) in [5.74, 6) is 0.113. The minimum Gasteiger partial charge on any atom is -0.507 e. The molecule has 2 aromatic carbocycles. The fraction of sp³-hybridized carbons (Fsp3) is 0.0556. The third-order valence-corrected chi connectivity index (χ3v) is 3.93. The molecule has 1 amide bonds. The van der Waals surface area contributed by atoms with Crippen LogP contribution in [0.3, 0.4) is 0 Å². The third-order valence-electron chi connectivity index (χ3n) is 3.30. The summed E-state index contributed by atoms with van der Waals surface area (Å²) in [6, 6.07) is 16.1. The number of nitrogens with one attached hydrogen (secondary N) is 1. The Morgan fingerprint density at radius 3 is 2.92 bits per heavy atom. The van der Waals surface area contributed by atoms with Gasteiger partial charge < -0.3 is 9.84 Å². The monoisotopic (exact) mass is 399 g/mol. The molecule has 7 heteroatoms. The summed E-state index contributed by atoms with van der Waals surface area (Å²) in [6.07, 6.45) is 1.47. The maximum absolute atomic E-state index is 11.8. The van der Waals surface area contributed by atoms with Gasteiger partial charge in [0.1, 0.15) is 5.75 Å². The number of carbonyl (C=O) groups excluding carboxylic acids is 1. The van der Waals surface area contributed by atoms with E-state index in [-0.39, 0.29) is 12.4 Å². The lowest BCUT2D eigenvalue weighted by Gasteiger charge is -2.05. The molecule has 25 heavy (non-hydrogen) atoms. The average Bonchev–Trinajstić information content (AvgIpc) is 2.63. The Morgan fingerprint density at radius 1 is 1.24 bits per heavy atom. The lowest BCUT2D eigenvalue weighted by Crippen LogP contribution is -2.24. The number of para-hydroxylation sites is 1. The van der Waals surface area contributed by atoms with Crippen molar-refractivity contribution < 1.29 is 14.6 Å². The van der Waals surface area contributed by atoms with E-state index in [1.165, 1.54) is 12.3 Å². The number of amides is 1. The maximum atomic E-state index is 11.8. The van der Waals surface area contributed by atoms with Gasteiger partial charge in [0.25, 0.3) is 5.91 Å². The molecule has 126 valence electrons. The Bertz CT molecular complexity index is 944. The van der Waals surface area contributed by atoms with Gasteiger partial charge in [-0.1, -0.05) is 18.2 Å². The number of phenolic OH excluding ortho intramolecular Hbond substituents is 1. The molecule has 2 N–H and O–H groups in total. The number of hydrogen-bond donors (Lipinski definition) is 2. The minimum absolute atomic E-state index is 0.137. The lowest BCUT2D eigenvalue weighted by atomic mass is 10.2. The van der Waals surface area contributed by atoms with Gasteiger partial charge in [0.2, 0.25) is 5.88 Å². The largest absolute Gasteiger partial charge is 0.507 e. The lowest BCUT2D eigenvalue weighted by molar-refractivity contribution is -0.123. The third kappa shape index (κ3) is 4.54. The number of carbonyl (C=O) groups is 1. The number of aromatic nitrogens is 1. The Labute approximate surface area is 152 Å². The number of fused-ring (bicyclic) bond motifs is 1. The van der Waals surface area contributed by atoms with E-state index in [2.05, 4.69) is 31.4 Å². The molecular weight excluding hydrogens is 386 g/mol. The number of hydrogen-bond acceptors (Lipinski definition) is 5. The zero-order valence-corrected chi connectivity index (χ0v) is 14.6. The molecule has 0 saturated carbocycles. The number of rotatable bonds is 5. The molecule has 1 heterocycles. The molecule has 3 rings (SSSR count). The highest BCUT2D eigenvalue weighted by Crippen LogP contribution is 2.23. The summed E-state index contributed by atoms with van der Waals surface area (Å²) in [7, 11) is 0. The summed E-state index contributed by atoms with van der Waals surface area (Å²) < 4.78 is 5.93. The Hall–Kier alpha value is -2.93. The number of pyridine rings is 1. The molecule has 0 saturated heterocycles. The van der Waals surface area contributed by atoms with E-state index in [0.717, 1.165) is 16.5 Å². The van der Waals surface area contributed by atoms with Crippen LogP contribution < -0.4 is 10.2 Å². The second-order valence-electron chi connectivity index (χ2n) is 5.13. The molecule has 0 fully saturated rings. The second kappa shape index (κ2) is 7.76. The normalized spacial score (nSPS) is 10.9. The van der Waals surface area contributed by atoms with Crippen molar-refractivity contribution in [2.24, 2.45) is 5.10 Å². The number of phenols is 1. The second-order valence-corrected chi connectivity index (χ2v) is 5.99. The molecule has 6 nitrogen and oxygen atoms in total. The standard InChI is InChI=1S/C18H14BrN3O3/c19-14-9-12(5-7-16(14)23)10-20-22-17(24)11-25-18-8-6-13-3-1-2-4-15(13)21-18/h1-10,23H,11H2,(H,22,24)/b20-10+. The van der Waals surface area contributed by atoms with Crippen molar-refractivity contribution >= 4 is 39.0 Å². The van der Waals surface area contributed by atoms with Crippen molar-refractivity contribution in [1.29, 1.82) is 0 Å². The Kier molecular flexibility index (Phi) is 5.25. The zero-order valence-electron chi connectivity index (χ0n) is 13.0. The first-order valence-electron chi connectivity index (χ1n) is 7.41. The van der Waals surface area contributed by atoms with E-state index in [4.69, 9.17) is 4.74 Å². The SMILES string of the molecule is O=C(COc1ccc2ccccc2n1)N/N=C/c1ccc(O)c(Br)c1. The van der Waals surface area contributed by atoms with Crippen molar-refractivity contribution in [2.45, 2.75) is 0 Å². The number of benzene rings is 2. The van der Waals surface area contributed by atoms with Gasteiger partial charge in [0.05, 0.1) is 16.2 Å². The van der Waals surface area contributed by atoms with Crippen LogP contribution >= 0.6 is 15.9 Å². The van der Waals surface area contributed by atoms with Crippen LogP contribution in [-0.4, -0.2) is 28.8 Å². The fourth-order valence-corrected chi connectivity index (χ4v) is 2.48. The van der Waals surface area contributed by atoms with Gasteiger partial charge in [-0.25, -0.2) is 10.4 Å². The topological polar surface area (TPSA) is 83.8 Å². The van der Waals surface area contributed by atoms with Crippen LogP contribution in [0.5, 0.6) is 11.6 Å². The molecule has 0 aliphatic rings. The number of ether oxygens (including phenoxy) is 1. The number of hydrazone groups is 1. The quantitative estimate of drug-likeness (QED) is 0.509. The minimum atomic E-state index is -0.399. The molecule has 0 radical (unpaired) electrons. The zero-order chi connectivity index (χ0) is 17.6. The van der Waals surface area contributed by atoms with Crippen LogP contribution in [0.2, 0.25) is 0 Å². The number of halogens is 1. The highest BCUT2D eigenvalue weighted by Gasteiger charge is 2.04. The van der Waals surface area contributed by atoms with Gasteiger partial charge >= 0.3 is 0 Å². The predicted octanol–water partition coefficient (Wildman–Crippen LogP) is 3.23. The summed E-state index contributed by atoms with van der Waals surface area (Å²) in [4.78, 5) is 16.1. The van der Waals surface area contributed by atoms with Crippen molar-refractivity contribution in [1.82, 2.24) is 10.4 Å². The molecule has 0 unspecified atom stereocenters. The van der Waals surface area contributed by atoms with Gasteiger partial charge in [-0.3, -0.25) is 4.79 Å². The molecule has 1 aromatic heterocycles. The number of aromatic hydroxyl groups is 1. The van der Waals surface area contributed by atoms with E-state index < -0.39 is 5.91 Å². The van der Waals surface area contributed by atoms with Crippen LogP contribution in [0.15, 0.2) is 64.2 Å². The van der Waals surface area contributed by atoms with Crippen LogP contribution in [0.25, 0.3) is 10.9 Å². The van der Waals surface area contributed by atoms with Crippen LogP contribution in [0.1, 0.15) is 5.56 Å². The average molecular weight is 400 g/mol. The molecular formula is C18H14BrN3O3. The van der Waals surface area contributed by atoms with E-state index in [1.807, 2.05) is 30.3 Å². The van der Waals surface area contributed by atoms with E-state index >= 15 is 0 Å². The number of nitrogens with zero attached hydrogens (tertiary/aromatic N) is 2. The van der Waals surface area contributed by atoms with E-state index in [9.17, 15) is 9.90 Å². The first-order chi connectivity index (χ1) is 12.1. The highest BCUT2D eigenvalue weighted by molar-refractivity contribution is 9.10. The predicted molar refractivity (Wildman–Crippen MR) is 98.8 cm³/mol. The molecule has 0 aliphatic carbocycles. The van der Waals surface area contributed by atoms with E-state index in [1.54, 1.807) is 18.2 Å². The van der Waals surface area contributed by atoms with Gasteiger partial charge in [-0.2, -0.15) is 5.10 Å². The van der Waals surface area contributed by atoms with Crippen molar-refractivity contribution in [2.75, 3.05) is 6.61 Å². The summed E-state index contributed by atoms with van der Waals surface area (Å²) in [5, 5.41) is 14.3. The van der Waals surface area contributed by atoms with E-state index in [0.29, 0.717) is 10.4 Å².